The van der Waals surface area contributed by atoms with Crippen molar-refractivity contribution in [3.05, 3.63) is 85.1 Å². The zero-order chi connectivity index (χ0) is 45.5. The molecule has 12 nitrogen and oxygen atoms in total. The van der Waals surface area contributed by atoms with E-state index in [-0.39, 0.29) is 19.4 Å². The van der Waals surface area contributed by atoms with Gasteiger partial charge in [-0.2, -0.15) is 8.42 Å². The molecule has 0 spiro atoms. The summed E-state index contributed by atoms with van der Waals surface area (Å²) in [6.07, 6.45) is 40.6. The van der Waals surface area contributed by atoms with Gasteiger partial charge in [-0.25, -0.2) is 0 Å². The summed E-state index contributed by atoms with van der Waals surface area (Å²) in [5, 5.41) is 30.9. The van der Waals surface area contributed by atoms with Crippen molar-refractivity contribution in [3.63, 3.8) is 0 Å². The number of carbonyl (C=O) groups is 2. The minimum Gasteiger partial charge on any atom is -0.462 e. The summed E-state index contributed by atoms with van der Waals surface area (Å²) >= 11 is 0. The van der Waals surface area contributed by atoms with Crippen LogP contribution in [0, 0.1) is 0 Å². The van der Waals surface area contributed by atoms with Gasteiger partial charge in [0.15, 0.2) is 12.4 Å². The maximum atomic E-state index is 12.8. The molecule has 1 aliphatic rings. The summed E-state index contributed by atoms with van der Waals surface area (Å²) < 4.78 is 54.0. The van der Waals surface area contributed by atoms with Crippen LogP contribution in [0.2, 0.25) is 0 Å². The number of rotatable bonds is 37. The fraction of sp³-hybridized carbons (Fsp3) is 0.673. The average Bonchev–Trinajstić information content (AvgIpc) is 3.24. The average molecular weight is 893 g/mol. The lowest BCUT2D eigenvalue weighted by Gasteiger charge is -2.40. The Hall–Kier alpha value is -3.17. The molecule has 62 heavy (non-hydrogen) atoms. The van der Waals surface area contributed by atoms with E-state index in [0.717, 1.165) is 70.6 Å². The van der Waals surface area contributed by atoms with Gasteiger partial charge in [0, 0.05) is 12.8 Å². The van der Waals surface area contributed by atoms with Gasteiger partial charge >= 0.3 is 11.9 Å². The molecule has 0 aromatic heterocycles. The number of allylic oxidation sites excluding steroid dienone is 14. The molecule has 354 valence electrons. The second-order valence-corrected chi connectivity index (χ2v) is 17.2. The van der Waals surface area contributed by atoms with Gasteiger partial charge in [-0.1, -0.05) is 150 Å². The SMILES string of the molecule is CC/C=C/C/C=C/C/C=C/C/C=C/C/C=C/C/C=C/CCC(=O)OC[C@H](CO[C@H]1O[C@H](CS(=O)(=O)O)[C@@H](O)C(O)C1O)OC(=O)CCCCCCCCC/C=C/CCCCCC. The summed E-state index contributed by atoms with van der Waals surface area (Å²) in [6, 6.07) is 0. The second kappa shape index (κ2) is 38.3. The number of ether oxygens (including phenoxy) is 4. The highest BCUT2D eigenvalue weighted by atomic mass is 32.2. The van der Waals surface area contributed by atoms with E-state index in [9.17, 15) is 37.9 Å². The Kier molecular flexibility index (Phi) is 35.1. The number of esters is 2. The highest BCUT2D eigenvalue weighted by Crippen LogP contribution is 2.24. The van der Waals surface area contributed by atoms with Crippen LogP contribution in [0.1, 0.15) is 155 Å². The Morgan fingerprint density at radius 1 is 0.565 bits per heavy atom. The van der Waals surface area contributed by atoms with Gasteiger partial charge in [0.1, 0.15) is 36.8 Å². The maximum absolute atomic E-state index is 12.8. The molecule has 0 aromatic carbocycles. The molecule has 1 rings (SSSR count). The first-order valence-corrected chi connectivity index (χ1v) is 24.8. The first-order valence-electron chi connectivity index (χ1n) is 23.1. The van der Waals surface area contributed by atoms with E-state index < -0.39 is 71.2 Å². The second-order valence-electron chi connectivity index (χ2n) is 15.7. The van der Waals surface area contributed by atoms with Crippen LogP contribution in [0.25, 0.3) is 0 Å². The van der Waals surface area contributed by atoms with Gasteiger partial charge in [-0.15, -0.1) is 0 Å². The largest absolute Gasteiger partial charge is 0.462 e. The van der Waals surface area contributed by atoms with Crippen molar-refractivity contribution in [3.8, 4) is 0 Å². The first-order chi connectivity index (χ1) is 30.0. The normalized spacial score (nSPS) is 20.6. The monoisotopic (exact) mass is 893 g/mol. The fourth-order valence-corrected chi connectivity index (χ4v) is 7.09. The standard InChI is InChI=1S/C49H80O12S/c1-3-5-7-9-11-13-15-17-19-20-21-22-24-25-27-29-31-33-35-37-44(50)58-39-42(40-59-49-48(54)47(53)46(52)43(61-49)41-62(55,56)57)60-45(51)38-36-34-32-30-28-26-23-18-16-14-12-10-8-6-4-2/h5,7,11,13-14,16-17,19,21-22,25,27,31,33,42-43,46-49,52-54H,3-4,6,8-10,12,15,18,20,23-24,26,28-30,32,34-41H2,1-2H3,(H,55,56,57)/b7-5+,13-11+,16-14+,19-17+,22-21+,27-25+,33-31+/t42-,43-,46-,47?,48?,49+/m1/s1. The molecule has 1 fully saturated rings. The molecule has 0 saturated carbocycles. The van der Waals surface area contributed by atoms with Crippen LogP contribution < -0.4 is 0 Å². The van der Waals surface area contributed by atoms with Gasteiger partial charge in [-0.3, -0.25) is 14.1 Å². The van der Waals surface area contributed by atoms with Crippen molar-refractivity contribution in [2.45, 2.75) is 192 Å². The van der Waals surface area contributed by atoms with Gasteiger partial charge in [0.05, 0.1) is 6.61 Å². The van der Waals surface area contributed by atoms with Crippen LogP contribution in [-0.2, 0) is 38.7 Å². The van der Waals surface area contributed by atoms with Crippen molar-refractivity contribution in [2.24, 2.45) is 0 Å². The Bertz CT molecular complexity index is 1460. The lowest BCUT2D eigenvalue weighted by molar-refractivity contribution is -0.297. The van der Waals surface area contributed by atoms with Crippen molar-refractivity contribution in [1.29, 1.82) is 0 Å². The molecule has 0 bridgehead atoms. The molecule has 2 unspecified atom stereocenters. The van der Waals surface area contributed by atoms with Gasteiger partial charge in [-0.05, 0) is 77.0 Å². The van der Waals surface area contributed by atoms with Crippen LogP contribution in [0.4, 0.5) is 0 Å². The number of carbonyl (C=O) groups excluding carboxylic acids is 2. The third-order valence-corrected chi connectivity index (χ3v) is 10.7. The van der Waals surface area contributed by atoms with Crippen molar-refractivity contribution < 1.29 is 56.8 Å². The molecule has 0 aliphatic carbocycles. The Labute approximate surface area is 373 Å². The molecule has 0 aromatic rings. The fourth-order valence-electron chi connectivity index (χ4n) is 6.40. The smallest absolute Gasteiger partial charge is 0.306 e. The third-order valence-electron chi connectivity index (χ3n) is 9.97. The van der Waals surface area contributed by atoms with E-state index >= 15 is 0 Å². The van der Waals surface area contributed by atoms with Gasteiger partial charge < -0.3 is 34.3 Å². The van der Waals surface area contributed by atoms with E-state index in [4.69, 9.17) is 18.9 Å². The minimum atomic E-state index is -4.62. The topological polar surface area (TPSA) is 186 Å². The number of hydrogen-bond acceptors (Lipinski definition) is 11. The van der Waals surface area contributed by atoms with Crippen molar-refractivity contribution in [2.75, 3.05) is 19.0 Å². The predicted octanol–water partition coefficient (Wildman–Crippen LogP) is 9.67. The van der Waals surface area contributed by atoms with Crippen molar-refractivity contribution in [1.82, 2.24) is 0 Å². The highest BCUT2D eigenvalue weighted by molar-refractivity contribution is 7.85. The van der Waals surface area contributed by atoms with Crippen LogP contribution in [0.5, 0.6) is 0 Å². The molecular formula is C49H80O12S. The Balaban J connectivity index is 2.50. The number of unbranched alkanes of at least 4 members (excludes halogenated alkanes) is 11. The van der Waals surface area contributed by atoms with E-state index in [1.165, 1.54) is 44.9 Å². The first kappa shape index (κ1) is 56.8. The molecular weight excluding hydrogens is 813 g/mol. The van der Waals surface area contributed by atoms with Crippen molar-refractivity contribution >= 4 is 22.1 Å². The van der Waals surface area contributed by atoms with Crippen LogP contribution >= 0.6 is 0 Å². The van der Waals surface area contributed by atoms with E-state index in [1.807, 2.05) is 12.2 Å². The van der Waals surface area contributed by atoms with E-state index in [2.05, 4.69) is 86.8 Å². The summed E-state index contributed by atoms with van der Waals surface area (Å²) in [5.41, 5.74) is 0. The van der Waals surface area contributed by atoms with Gasteiger partial charge in [0.25, 0.3) is 10.1 Å². The van der Waals surface area contributed by atoms with E-state index in [0.29, 0.717) is 12.8 Å². The number of aliphatic hydroxyl groups is 3. The van der Waals surface area contributed by atoms with E-state index in [1.54, 1.807) is 0 Å². The molecule has 0 amide bonds. The zero-order valence-electron chi connectivity index (χ0n) is 37.7. The maximum Gasteiger partial charge on any atom is 0.306 e. The summed E-state index contributed by atoms with van der Waals surface area (Å²) in [6.45, 7) is 3.55. The summed E-state index contributed by atoms with van der Waals surface area (Å²) in [5.74, 6) is -2.11. The van der Waals surface area contributed by atoms with Gasteiger partial charge in [0.2, 0.25) is 0 Å². The minimum absolute atomic E-state index is 0.0887. The Morgan fingerprint density at radius 2 is 1.05 bits per heavy atom. The molecule has 0 radical (unpaired) electrons. The molecule has 1 aliphatic heterocycles. The molecule has 4 N–H and O–H groups in total. The highest BCUT2D eigenvalue weighted by Gasteiger charge is 2.46. The molecule has 13 heteroatoms. The number of hydrogen-bond donors (Lipinski definition) is 4. The molecule has 1 heterocycles. The van der Waals surface area contributed by atoms with Crippen LogP contribution in [-0.4, -0.2) is 96.0 Å². The number of aliphatic hydroxyl groups excluding tert-OH is 3. The lowest BCUT2D eigenvalue weighted by atomic mass is 10.00. The van der Waals surface area contributed by atoms with Crippen LogP contribution in [0.15, 0.2) is 85.1 Å². The molecule has 6 atom stereocenters. The lowest BCUT2D eigenvalue weighted by Crippen LogP contribution is -2.60. The third kappa shape index (κ3) is 32.5. The molecule has 1 saturated heterocycles. The summed E-state index contributed by atoms with van der Waals surface area (Å²) in [7, 11) is -4.62. The zero-order valence-corrected chi connectivity index (χ0v) is 38.5. The predicted molar refractivity (Wildman–Crippen MR) is 247 cm³/mol. The quantitative estimate of drug-likeness (QED) is 0.0201. The summed E-state index contributed by atoms with van der Waals surface area (Å²) in [4.78, 5) is 25.4. The Morgan fingerprint density at radius 3 is 1.58 bits per heavy atom. The van der Waals surface area contributed by atoms with Crippen LogP contribution in [0.3, 0.4) is 0 Å².